The van der Waals surface area contributed by atoms with E-state index in [4.69, 9.17) is 22.6 Å². The zero-order valence-electron chi connectivity index (χ0n) is 12.2. The number of anilines is 3. The first-order chi connectivity index (χ1) is 11.0. The van der Waals surface area contributed by atoms with Crippen LogP contribution in [0.15, 0.2) is 18.2 Å². The second-order valence-corrected chi connectivity index (χ2v) is 5.15. The topological polar surface area (TPSA) is 122 Å². The molecule has 23 heavy (non-hydrogen) atoms. The van der Waals surface area contributed by atoms with Crippen LogP contribution in [0.3, 0.4) is 0 Å². The predicted octanol–water partition coefficient (Wildman–Crippen LogP) is 3.18. The van der Waals surface area contributed by atoms with Gasteiger partial charge in [-0.25, -0.2) is 4.98 Å². The highest BCUT2D eigenvalue weighted by molar-refractivity contribution is 6.30. The molecule has 3 N–H and O–H groups in total. The summed E-state index contributed by atoms with van der Waals surface area (Å²) in [5.41, 5.74) is 7.79. The van der Waals surface area contributed by atoms with Crippen molar-refractivity contribution in [2.24, 2.45) is 0 Å². The first-order valence-corrected chi connectivity index (χ1v) is 6.92. The molecule has 1 aromatic heterocycles. The molecule has 0 amide bonds. The van der Waals surface area contributed by atoms with Crippen molar-refractivity contribution in [2.45, 2.75) is 13.3 Å². The molecule has 0 aliphatic rings. The fraction of sp³-hybridized carbons (Fsp3) is 0.125. The monoisotopic (exact) mass is 322 g/mol. The van der Waals surface area contributed by atoms with E-state index in [1.807, 2.05) is 31.2 Å². The summed E-state index contributed by atoms with van der Waals surface area (Å²) in [4.78, 5) is 4.09. The van der Waals surface area contributed by atoms with Crippen molar-refractivity contribution in [1.29, 1.82) is 15.8 Å². The molecule has 6 nitrogen and oxygen atoms in total. The molecule has 2 rings (SSSR count). The van der Waals surface area contributed by atoms with Gasteiger partial charge in [-0.05, 0) is 24.6 Å². The smallest absolute Gasteiger partial charge is 0.151 e. The average Bonchev–Trinajstić information content (AvgIpc) is 2.51. The molecule has 0 radical (unpaired) electrons. The van der Waals surface area contributed by atoms with Crippen LogP contribution in [-0.2, 0) is 6.42 Å². The quantitative estimate of drug-likeness (QED) is 0.894. The lowest BCUT2D eigenvalue weighted by Crippen LogP contribution is -2.08. The number of nitrogens with one attached hydrogen (secondary N) is 1. The number of nitrogens with two attached hydrogens (primary N) is 1. The summed E-state index contributed by atoms with van der Waals surface area (Å²) in [6.07, 6.45) is -0.109. The van der Waals surface area contributed by atoms with Crippen molar-refractivity contribution in [3.63, 3.8) is 0 Å². The summed E-state index contributed by atoms with van der Waals surface area (Å²) in [6, 6.07) is 11.1. The Balaban J connectivity index is 2.64. The van der Waals surface area contributed by atoms with Gasteiger partial charge in [0.25, 0.3) is 0 Å². The zero-order valence-corrected chi connectivity index (χ0v) is 12.9. The highest BCUT2D eigenvalue weighted by Crippen LogP contribution is 2.29. The Labute approximate surface area is 138 Å². The zero-order chi connectivity index (χ0) is 17.0. The Morgan fingerprint density at radius 2 is 1.91 bits per heavy atom. The van der Waals surface area contributed by atoms with Gasteiger partial charge in [-0.1, -0.05) is 17.7 Å². The third kappa shape index (κ3) is 3.16. The van der Waals surface area contributed by atoms with E-state index in [9.17, 15) is 10.5 Å². The minimum atomic E-state index is -0.109. The highest BCUT2D eigenvalue weighted by Gasteiger charge is 2.19. The maximum Gasteiger partial charge on any atom is 0.151 e. The van der Waals surface area contributed by atoms with Gasteiger partial charge in [0.15, 0.2) is 5.82 Å². The molecule has 0 spiro atoms. The lowest BCUT2D eigenvalue weighted by molar-refractivity contribution is 1.17. The number of hydrogen-bond donors (Lipinski definition) is 2. The maximum absolute atomic E-state index is 9.42. The number of benzene rings is 1. The molecule has 7 heteroatoms. The van der Waals surface area contributed by atoms with Crippen LogP contribution >= 0.6 is 11.6 Å². The summed E-state index contributed by atoms with van der Waals surface area (Å²) in [6.45, 7) is 1.87. The van der Waals surface area contributed by atoms with Crippen LogP contribution in [0.1, 0.15) is 22.3 Å². The summed E-state index contributed by atoms with van der Waals surface area (Å²) >= 11 is 5.98. The number of rotatable bonds is 3. The van der Waals surface area contributed by atoms with E-state index < -0.39 is 0 Å². The molecule has 1 aromatic carbocycles. The Morgan fingerprint density at radius 1 is 1.22 bits per heavy atom. The summed E-state index contributed by atoms with van der Waals surface area (Å²) < 4.78 is 0. The minimum absolute atomic E-state index is 0.0288. The van der Waals surface area contributed by atoms with E-state index in [0.717, 1.165) is 5.56 Å². The lowest BCUT2D eigenvalue weighted by atomic mass is 10.0. The highest BCUT2D eigenvalue weighted by atomic mass is 35.5. The lowest BCUT2D eigenvalue weighted by Gasteiger charge is -2.14. The van der Waals surface area contributed by atoms with E-state index in [1.165, 1.54) is 0 Å². The predicted molar refractivity (Wildman–Crippen MR) is 86.9 cm³/mol. The van der Waals surface area contributed by atoms with Crippen molar-refractivity contribution in [2.75, 3.05) is 11.1 Å². The summed E-state index contributed by atoms with van der Waals surface area (Å²) in [5.74, 6) is 0.165. The van der Waals surface area contributed by atoms with Gasteiger partial charge in [-0.15, -0.1) is 0 Å². The van der Waals surface area contributed by atoms with Gasteiger partial charge >= 0.3 is 0 Å². The molecule has 0 fully saturated rings. The van der Waals surface area contributed by atoms with Gasteiger partial charge < -0.3 is 11.1 Å². The second-order valence-electron chi connectivity index (χ2n) is 4.72. The second kappa shape index (κ2) is 6.66. The molecule has 112 valence electrons. The van der Waals surface area contributed by atoms with E-state index >= 15 is 0 Å². The van der Waals surface area contributed by atoms with Crippen molar-refractivity contribution in [3.8, 4) is 18.2 Å². The SMILES string of the molecule is Cc1ccc(Cl)cc1Nc1nc(N)c(C#N)c(CC#N)c1C#N. The van der Waals surface area contributed by atoms with Crippen molar-refractivity contribution in [1.82, 2.24) is 4.98 Å². The maximum atomic E-state index is 9.42. The molecule has 0 saturated carbocycles. The number of nitrogen functional groups attached to an aromatic ring is 1. The number of halogens is 1. The fourth-order valence-corrected chi connectivity index (χ4v) is 2.27. The Kier molecular flexibility index (Phi) is 4.66. The van der Waals surface area contributed by atoms with Crippen LogP contribution in [0.2, 0.25) is 5.02 Å². The molecule has 2 aromatic rings. The Morgan fingerprint density at radius 3 is 2.52 bits per heavy atom. The number of nitriles is 3. The molecule has 0 aliphatic carbocycles. The Bertz CT molecular complexity index is 899. The number of aromatic nitrogens is 1. The average molecular weight is 323 g/mol. The van der Waals surface area contributed by atoms with E-state index in [-0.39, 0.29) is 34.7 Å². The van der Waals surface area contributed by atoms with Gasteiger partial charge in [0.05, 0.1) is 18.1 Å². The molecular weight excluding hydrogens is 312 g/mol. The molecule has 1 heterocycles. The molecule has 0 atom stereocenters. The van der Waals surface area contributed by atoms with Crippen LogP contribution in [0.5, 0.6) is 0 Å². The first kappa shape index (κ1) is 16.1. The third-order valence-corrected chi connectivity index (χ3v) is 3.50. The van der Waals surface area contributed by atoms with Crippen LogP contribution in [0.25, 0.3) is 0 Å². The van der Waals surface area contributed by atoms with E-state index in [1.54, 1.807) is 12.1 Å². The van der Waals surface area contributed by atoms with E-state index in [0.29, 0.717) is 10.7 Å². The molecule has 0 unspecified atom stereocenters. The number of aryl methyl sites for hydroxylation is 1. The van der Waals surface area contributed by atoms with Gasteiger partial charge in [0.2, 0.25) is 0 Å². The van der Waals surface area contributed by atoms with Crippen LogP contribution in [0.4, 0.5) is 17.3 Å². The largest absolute Gasteiger partial charge is 0.383 e. The summed E-state index contributed by atoms with van der Waals surface area (Å²) in [5, 5.41) is 31.1. The van der Waals surface area contributed by atoms with Crippen LogP contribution < -0.4 is 11.1 Å². The fourth-order valence-electron chi connectivity index (χ4n) is 2.10. The van der Waals surface area contributed by atoms with Crippen molar-refractivity contribution >= 4 is 28.9 Å². The standard InChI is InChI=1S/C16H11ClN6/c1-9-2-3-10(17)6-14(9)22-16-13(8-20)11(4-5-18)12(7-19)15(21)23-16/h2-3,6H,4H2,1H3,(H3,21,22,23). The van der Waals surface area contributed by atoms with Crippen LogP contribution in [0, 0.1) is 40.9 Å². The molecule has 0 aliphatic heterocycles. The first-order valence-electron chi connectivity index (χ1n) is 6.54. The normalized spacial score (nSPS) is 9.52. The van der Waals surface area contributed by atoms with Gasteiger partial charge in [-0.3, -0.25) is 0 Å². The number of nitrogens with zero attached hydrogens (tertiary/aromatic N) is 4. The molecule has 0 saturated heterocycles. The van der Waals surface area contributed by atoms with Gasteiger partial charge in [0.1, 0.15) is 23.5 Å². The molecular formula is C16H11ClN6. The van der Waals surface area contributed by atoms with Crippen LogP contribution in [-0.4, -0.2) is 4.98 Å². The number of pyridine rings is 1. The number of hydrogen-bond acceptors (Lipinski definition) is 6. The van der Waals surface area contributed by atoms with Gasteiger partial charge in [-0.2, -0.15) is 15.8 Å². The summed E-state index contributed by atoms with van der Waals surface area (Å²) in [7, 11) is 0. The Hall–Kier alpha value is -3.27. The molecule has 0 bridgehead atoms. The van der Waals surface area contributed by atoms with E-state index in [2.05, 4.69) is 10.3 Å². The van der Waals surface area contributed by atoms with Gasteiger partial charge in [0, 0.05) is 16.3 Å². The minimum Gasteiger partial charge on any atom is -0.383 e. The van der Waals surface area contributed by atoms with Crippen molar-refractivity contribution in [3.05, 3.63) is 45.5 Å². The van der Waals surface area contributed by atoms with Crippen molar-refractivity contribution < 1.29 is 0 Å². The third-order valence-electron chi connectivity index (χ3n) is 3.26.